The van der Waals surface area contributed by atoms with E-state index in [1.54, 1.807) is 18.2 Å². The molecule has 0 bridgehead atoms. The lowest BCUT2D eigenvalue weighted by Gasteiger charge is -2.20. The first-order valence-corrected chi connectivity index (χ1v) is 8.15. The van der Waals surface area contributed by atoms with Gasteiger partial charge in [-0.2, -0.15) is 0 Å². The Morgan fingerprint density at radius 3 is 2.53 bits per heavy atom. The van der Waals surface area contributed by atoms with Crippen molar-refractivity contribution in [3.05, 3.63) is 29.8 Å². The minimum atomic E-state index is -3.43. The molecule has 4 nitrogen and oxygen atoms in total. The molecule has 2 N–H and O–H groups in total. The molecule has 1 rings (SSSR count). The van der Waals surface area contributed by atoms with Crippen LogP contribution in [-0.4, -0.2) is 21.5 Å². The molecule has 0 aliphatic heterocycles. The molecule has 5 heteroatoms. The van der Waals surface area contributed by atoms with E-state index in [9.17, 15) is 8.42 Å². The fraction of sp³-hybridized carbons (Fsp3) is 0.571. The SMILES string of the molecule is CCC(C)C(C)NS(=O)(=O)c1cccc(CNC)c1. The van der Waals surface area contributed by atoms with Gasteiger partial charge in [0.15, 0.2) is 0 Å². The molecular formula is C14H24N2O2S. The molecular weight excluding hydrogens is 260 g/mol. The van der Waals surface area contributed by atoms with Crippen molar-refractivity contribution < 1.29 is 8.42 Å². The van der Waals surface area contributed by atoms with Crippen molar-refractivity contribution in [1.29, 1.82) is 0 Å². The van der Waals surface area contributed by atoms with Crippen LogP contribution in [-0.2, 0) is 16.6 Å². The number of hydrogen-bond acceptors (Lipinski definition) is 3. The number of hydrogen-bond donors (Lipinski definition) is 2. The van der Waals surface area contributed by atoms with Crippen LogP contribution < -0.4 is 10.0 Å². The van der Waals surface area contributed by atoms with Crippen LogP contribution >= 0.6 is 0 Å². The van der Waals surface area contributed by atoms with Gasteiger partial charge in [-0.1, -0.05) is 32.4 Å². The Labute approximate surface area is 116 Å². The van der Waals surface area contributed by atoms with Crippen LogP contribution in [0.5, 0.6) is 0 Å². The molecule has 1 aromatic rings. The smallest absolute Gasteiger partial charge is 0.240 e. The van der Waals surface area contributed by atoms with E-state index in [0.29, 0.717) is 17.4 Å². The van der Waals surface area contributed by atoms with Crippen LogP contribution in [0, 0.1) is 5.92 Å². The zero-order chi connectivity index (χ0) is 14.5. The quantitative estimate of drug-likeness (QED) is 0.806. The normalized spacial score (nSPS) is 15.2. The predicted octanol–water partition coefficient (Wildman–Crippen LogP) is 2.12. The summed E-state index contributed by atoms with van der Waals surface area (Å²) in [6.07, 6.45) is 0.948. The number of rotatable bonds is 7. The highest BCUT2D eigenvalue weighted by molar-refractivity contribution is 7.89. The van der Waals surface area contributed by atoms with E-state index in [2.05, 4.69) is 17.0 Å². The zero-order valence-electron chi connectivity index (χ0n) is 12.1. The molecule has 2 atom stereocenters. The van der Waals surface area contributed by atoms with Gasteiger partial charge in [-0.05, 0) is 37.6 Å². The van der Waals surface area contributed by atoms with Crippen LogP contribution in [0.4, 0.5) is 0 Å². The van der Waals surface area contributed by atoms with Gasteiger partial charge >= 0.3 is 0 Å². The molecule has 0 radical (unpaired) electrons. The molecule has 2 unspecified atom stereocenters. The Hall–Kier alpha value is -0.910. The third kappa shape index (κ3) is 4.60. The third-order valence-corrected chi connectivity index (χ3v) is 4.98. The van der Waals surface area contributed by atoms with Gasteiger partial charge in [0.1, 0.15) is 0 Å². The van der Waals surface area contributed by atoms with Crippen molar-refractivity contribution in [2.24, 2.45) is 5.92 Å². The fourth-order valence-electron chi connectivity index (χ4n) is 1.81. The summed E-state index contributed by atoms with van der Waals surface area (Å²) < 4.78 is 27.3. The average Bonchev–Trinajstić information content (AvgIpc) is 2.38. The average molecular weight is 284 g/mol. The maximum Gasteiger partial charge on any atom is 0.240 e. The second-order valence-electron chi connectivity index (χ2n) is 4.97. The molecule has 108 valence electrons. The molecule has 19 heavy (non-hydrogen) atoms. The molecule has 0 aliphatic rings. The maximum atomic E-state index is 12.3. The van der Waals surface area contributed by atoms with Gasteiger partial charge in [-0.25, -0.2) is 13.1 Å². The van der Waals surface area contributed by atoms with Gasteiger partial charge in [0.2, 0.25) is 10.0 Å². The van der Waals surface area contributed by atoms with Crippen molar-refractivity contribution in [3.63, 3.8) is 0 Å². The summed E-state index contributed by atoms with van der Waals surface area (Å²) in [5.74, 6) is 0.315. The fourth-order valence-corrected chi connectivity index (χ4v) is 3.23. The largest absolute Gasteiger partial charge is 0.316 e. The van der Waals surface area contributed by atoms with Gasteiger partial charge < -0.3 is 5.32 Å². The summed E-state index contributed by atoms with van der Waals surface area (Å²) in [6.45, 7) is 6.67. The van der Waals surface area contributed by atoms with Gasteiger partial charge in [0, 0.05) is 12.6 Å². The van der Waals surface area contributed by atoms with Gasteiger partial charge in [0.05, 0.1) is 4.90 Å². The summed E-state index contributed by atoms with van der Waals surface area (Å²) in [6, 6.07) is 6.96. The van der Waals surface area contributed by atoms with Gasteiger partial charge in [0.25, 0.3) is 0 Å². The Kier molecular flexibility index (Phi) is 5.97. The second kappa shape index (κ2) is 7.03. The van der Waals surface area contributed by atoms with Crippen molar-refractivity contribution in [3.8, 4) is 0 Å². The van der Waals surface area contributed by atoms with E-state index in [4.69, 9.17) is 0 Å². The van der Waals surface area contributed by atoms with Crippen molar-refractivity contribution in [2.45, 2.75) is 44.7 Å². The Bertz CT molecular complexity index is 500. The molecule has 1 aromatic carbocycles. The highest BCUT2D eigenvalue weighted by atomic mass is 32.2. The number of nitrogens with one attached hydrogen (secondary N) is 2. The van der Waals surface area contributed by atoms with E-state index in [1.165, 1.54) is 0 Å². The van der Waals surface area contributed by atoms with Crippen LogP contribution in [0.1, 0.15) is 32.8 Å². The molecule has 0 saturated carbocycles. The van der Waals surface area contributed by atoms with Crippen LogP contribution in [0.3, 0.4) is 0 Å². The van der Waals surface area contributed by atoms with E-state index in [1.807, 2.05) is 27.0 Å². The molecule has 0 spiro atoms. The van der Waals surface area contributed by atoms with Crippen LogP contribution in [0.15, 0.2) is 29.2 Å². The lowest BCUT2D eigenvalue weighted by Crippen LogP contribution is -2.36. The number of sulfonamides is 1. The first kappa shape index (κ1) is 16.1. The summed E-state index contributed by atoms with van der Waals surface area (Å²) >= 11 is 0. The topological polar surface area (TPSA) is 58.2 Å². The minimum Gasteiger partial charge on any atom is -0.316 e. The van der Waals surface area contributed by atoms with E-state index in [0.717, 1.165) is 12.0 Å². The first-order valence-electron chi connectivity index (χ1n) is 6.66. The maximum absolute atomic E-state index is 12.3. The zero-order valence-corrected chi connectivity index (χ0v) is 12.9. The standard InChI is InChI=1S/C14H24N2O2S/c1-5-11(2)12(3)16-19(17,18)14-8-6-7-13(9-14)10-15-4/h6-9,11-12,15-16H,5,10H2,1-4H3. The lowest BCUT2D eigenvalue weighted by molar-refractivity contribution is 0.434. The van der Waals surface area contributed by atoms with Gasteiger partial charge in [-0.15, -0.1) is 0 Å². The summed E-state index contributed by atoms with van der Waals surface area (Å²) in [7, 11) is -1.60. The molecule has 0 fully saturated rings. The summed E-state index contributed by atoms with van der Waals surface area (Å²) in [5.41, 5.74) is 0.960. The second-order valence-corrected chi connectivity index (χ2v) is 6.69. The van der Waals surface area contributed by atoms with E-state index < -0.39 is 10.0 Å². The summed E-state index contributed by atoms with van der Waals surface area (Å²) in [5, 5.41) is 3.02. The third-order valence-electron chi connectivity index (χ3n) is 3.43. The van der Waals surface area contributed by atoms with Gasteiger partial charge in [-0.3, -0.25) is 0 Å². The Morgan fingerprint density at radius 1 is 1.26 bits per heavy atom. The molecule has 0 saturated heterocycles. The minimum absolute atomic E-state index is 0.0667. The van der Waals surface area contributed by atoms with Crippen molar-refractivity contribution >= 4 is 10.0 Å². The van der Waals surface area contributed by atoms with Crippen molar-refractivity contribution in [2.75, 3.05) is 7.05 Å². The van der Waals surface area contributed by atoms with Crippen LogP contribution in [0.2, 0.25) is 0 Å². The Morgan fingerprint density at radius 2 is 1.95 bits per heavy atom. The molecule has 0 aromatic heterocycles. The van der Waals surface area contributed by atoms with Crippen molar-refractivity contribution in [1.82, 2.24) is 10.0 Å². The highest BCUT2D eigenvalue weighted by Gasteiger charge is 2.20. The first-order chi connectivity index (χ1) is 8.90. The number of benzene rings is 1. The highest BCUT2D eigenvalue weighted by Crippen LogP contribution is 2.15. The van der Waals surface area contributed by atoms with E-state index in [-0.39, 0.29) is 6.04 Å². The molecule has 0 amide bonds. The molecule has 0 aliphatic carbocycles. The monoisotopic (exact) mass is 284 g/mol. The Balaban J connectivity index is 2.91. The summed E-state index contributed by atoms with van der Waals surface area (Å²) in [4.78, 5) is 0.329. The predicted molar refractivity (Wildman–Crippen MR) is 78.4 cm³/mol. The molecule has 0 heterocycles. The lowest BCUT2D eigenvalue weighted by atomic mass is 10.0. The van der Waals surface area contributed by atoms with Crippen LogP contribution in [0.25, 0.3) is 0 Å². The van der Waals surface area contributed by atoms with E-state index >= 15 is 0 Å².